The van der Waals surface area contributed by atoms with Gasteiger partial charge in [0.2, 0.25) is 5.91 Å². The summed E-state index contributed by atoms with van der Waals surface area (Å²) >= 11 is 0. The third-order valence-electron chi connectivity index (χ3n) is 3.75. The van der Waals surface area contributed by atoms with Crippen LogP contribution in [-0.2, 0) is 17.1 Å². The largest absolute Gasteiger partial charge is 0.416 e. The summed E-state index contributed by atoms with van der Waals surface area (Å²) in [5, 5.41) is 3.55. The van der Waals surface area contributed by atoms with E-state index in [9.17, 15) is 39.9 Å². The first-order chi connectivity index (χ1) is 14.1. The molecule has 0 radical (unpaired) electrons. The number of benzene rings is 1. The molecular weight excluding hydrogens is 416 g/mol. The van der Waals surface area contributed by atoms with Gasteiger partial charge in [0.25, 0.3) is 5.92 Å². The van der Waals surface area contributed by atoms with Gasteiger partial charge < -0.3 is 4.90 Å². The van der Waals surface area contributed by atoms with Gasteiger partial charge in [-0.15, -0.1) is 5.10 Å². The Morgan fingerprint density at radius 2 is 1.66 bits per heavy atom. The van der Waals surface area contributed by atoms with E-state index in [4.69, 9.17) is 2.74 Å². The molecule has 1 aliphatic rings. The molecule has 1 amide bonds. The summed E-state index contributed by atoms with van der Waals surface area (Å²) < 4.78 is 119. The van der Waals surface area contributed by atoms with Crippen LogP contribution in [0.3, 0.4) is 0 Å². The monoisotopic (exact) mass is 428 g/mol. The highest BCUT2D eigenvalue weighted by atomic mass is 19.4. The molecule has 13 heteroatoms. The molecule has 0 atom stereocenters. The predicted octanol–water partition coefficient (Wildman–Crippen LogP) is 3.93. The Morgan fingerprint density at radius 3 is 2.14 bits per heavy atom. The van der Waals surface area contributed by atoms with E-state index in [0.29, 0.717) is 27.9 Å². The predicted molar refractivity (Wildman–Crippen MR) is 82.3 cm³/mol. The average molecular weight is 428 g/mol. The van der Waals surface area contributed by atoms with Crippen LogP contribution in [0, 0.1) is 0 Å². The minimum atomic E-state index is -5.11. The topological polar surface area (TPSA) is 51.0 Å². The van der Waals surface area contributed by atoms with Gasteiger partial charge in [-0.25, -0.2) is 18.4 Å². The van der Waals surface area contributed by atoms with Crippen molar-refractivity contribution in [1.29, 1.82) is 0 Å². The second kappa shape index (κ2) is 6.81. The first kappa shape index (κ1) is 18.1. The van der Waals surface area contributed by atoms with Crippen molar-refractivity contribution in [3.63, 3.8) is 0 Å². The van der Waals surface area contributed by atoms with Crippen LogP contribution >= 0.6 is 0 Å². The molecule has 0 spiro atoms. The molecule has 0 aliphatic carbocycles. The summed E-state index contributed by atoms with van der Waals surface area (Å²) in [6.45, 7) is -1.83. The number of halogens is 8. The third-order valence-corrected chi connectivity index (χ3v) is 3.75. The maximum Gasteiger partial charge on any atom is 0.416 e. The minimum Gasteiger partial charge on any atom is -0.327 e. The number of alkyl halides is 8. The zero-order chi connectivity index (χ0) is 23.4. The third kappa shape index (κ3) is 4.71. The molecule has 156 valence electrons. The Kier molecular flexibility index (Phi) is 4.24. The number of hydrogen-bond donors (Lipinski definition) is 0. The molecule has 0 unspecified atom stereocenters. The van der Waals surface area contributed by atoms with Gasteiger partial charge in [-0.1, -0.05) is 0 Å². The standard InChI is InChI=1S/C16H10F8N4O/c17-14(18)6-27(7-14)12(29)1-2-28-8-25-13(26-28)9-3-10(15(19,20)21)5-11(4-9)16(22,23)24/h1-5,8H,6-7H2/b2-1-/i1D,8D. The zero-order valence-electron chi connectivity index (χ0n) is 15.9. The number of carbonyl (C=O) groups is 1. The fourth-order valence-electron chi connectivity index (χ4n) is 2.37. The van der Waals surface area contributed by atoms with E-state index in [1.165, 1.54) is 0 Å². The van der Waals surface area contributed by atoms with Crippen molar-refractivity contribution in [2.45, 2.75) is 18.3 Å². The van der Waals surface area contributed by atoms with Crippen molar-refractivity contribution < 1.29 is 42.7 Å². The molecule has 0 bridgehead atoms. The van der Waals surface area contributed by atoms with E-state index in [1.807, 2.05) is 0 Å². The van der Waals surface area contributed by atoms with Crippen LogP contribution in [0.5, 0.6) is 0 Å². The number of aromatic nitrogens is 3. The first-order valence-electron chi connectivity index (χ1n) is 8.65. The number of nitrogens with zero attached hydrogens (tertiary/aromatic N) is 4. The molecule has 2 aromatic rings. The quantitative estimate of drug-likeness (QED) is 0.550. The number of likely N-dealkylation sites (tertiary alicyclic amines) is 1. The van der Waals surface area contributed by atoms with Gasteiger partial charge in [0, 0.05) is 17.8 Å². The van der Waals surface area contributed by atoms with Gasteiger partial charge in [0.1, 0.15) is 7.67 Å². The van der Waals surface area contributed by atoms with Crippen LogP contribution in [0.4, 0.5) is 35.1 Å². The molecule has 3 rings (SSSR count). The summed E-state index contributed by atoms with van der Waals surface area (Å²) in [5.74, 6) is -4.91. The summed E-state index contributed by atoms with van der Waals surface area (Å²) in [6, 6.07) is -0.272. The zero-order valence-corrected chi connectivity index (χ0v) is 13.9. The molecule has 1 aromatic heterocycles. The van der Waals surface area contributed by atoms with Crippen LogP contribution in [0.25, 0.3) is 17.6 Å². The van der Waals surface area contributed by atoms with Gasteiger partial charge in [-0.05, 0) is 18.2 Å². The van der Waals surface area contributed by atoms with E-state index in [1.54, 1.807) is 0 Å². The summed E-state index contributed by atoms with van der Waals surface area (Å²) in [6.07, 6.45) is -10.4. The second-order valence-electron chi connectivity index (χ2n) is 6.07. The highest BCUT2D eigenvalue weighted by Gasteiger charge is 2.45. The van der Waals surface area contributed by atoms with E-state index >= 15 is 0 Å². The van der Waals surface area contributed by atoms with Crippen LogP contribution in [-0.4, -0.2) is 44.6 Å². The van der Waals surface area contributed by atoms with Crippen molar-refractivity contribution >= 4 is 12.1 Å². The van der Waals surface area contributed by atoms with Gasteiger partial charge in [0.05, 0.1) is 25.6 Å². The Bertz CT molecular complexity index is 1020. The molecule has 0 saturated carbocycles. The van der Waals surface area contributed by atoms with Crippen molar-refractivity contribution in [3.8, 4) is 11.4 Å². The lowest BCUT2D eigenvalue weighted by atomic mass is 10.0. The number of hydrogen-bond acceptors (Lipinski definition) is 3. The fraction of sp³-hybridized carbons (Fsp3) is 0.312. The van der Waals surface area contributed by atoms with Gasteiger partial charge in [0.15, 0.2) is 5.82 Å². The van der Waals surface area contributed by atoms with E-state index in [-0.39, 0.29) is 6.07 Å². The lowest BCUT2D eigenvalue weighted by Gasteiger charge is -2.37. The van der Waals surface area contributed by atoms with E-state index in [0.717, 1.165) is 0 Å². The SMILES string of the molecule is [2H]/C(=C/n1nc(-c2cc(C(F)(F)F)cc(C(F)(F)F)c2)nc1[2H])C(=O)N1CC(F)(F)C1. The van der Waals surface area contributed by atoms with Gasteiger partial charge in [-0.2, -0.15) is 26.3 Å². The van der Waals surface area contributed by atoms with Crippen molar-refractivity contribution in [1.82, 2.24) is 19.7 Å². The summed E-state index contributed by atoms with van der Waals surface area (Å²) in [4.78, 5) is 16.0. The normalized spacial score (nSPS) is 18.2. The van der Waals surface area contributed by atoms with Gasteiger partial charge in [-0.3, -0.25) is 4.79 Å². The smallest absolute Gasteiger partial charge is 0.327 e. The van der Waals surface area contributed by atoms with Crippen molar-refractivity contribution in [2.75, 3.05) is 13.1 Å². The Hall–Kier alpha value is -2.99. The highest BCUT2D eigenvalue weighted by Crippen LogP contribution is 2.38. The lowest BCUT2D eigenvalue weighted by molar-refractivity contribution is -0.160. The molecule has 1 aliphatic heterocycles. The van der Waals surface area contributed by atoms with Crippen LogP contribution < -0.4 is 0 Å². The minimum absolute atomic E-state index is 0.0918. The van der Waals surface area contributed by atoms with Gasteiger partial charge >= 0.3 is 12.4 Å². The highest BCUT2D eigenvalue weighted by molar-refractivity contribution is 5.90. The summed E-state index contributed by atoms with van der Waals surface area (Å²) in [5.41, 5.74) is -3.94. The number of amides is 1. The van der Waals surface area contributed by atoms with E-state index in [2.05, 4.69) is 10.1 Å². The molecule has 5 nitrogen and oxygen atoms in total. The fourth-order valence-corrected chi connectivity index (χ4v) is 2.37. The van der Waals surface area contributed by atoms with Crippen LogP contribution in [0.2, 0.25) is 0 Å². The first-order valence-corrected chi connectivity index (χ1v) is 7.65. The molecule has 0 N–H and O–H groups in total. The van der Waals surface area contributed by atoms with Crippen LogP contribution in [0.15, 0.2) is 30.6 Å². The number of rotatable bonds is 3. The average Bonchev–Trinajstić information content (AvgIpc) is 2.97. The molecule has 29 heavy (non-hydrogen) atoms. The Labute approximate surface area is 160 Å². The maximum atomic E-state index is 13.0. The summed E-state index contributed by atoms with van der Waals surface area (Å²) in [7, 11) is 0. The van der Waals surface area contributed by atoms with Crippen LogP contribution in [0.1, 0.15) is 13.9 Å². The van der Waals surface area contributed by atoms with Crippen molar-refractivity contribution in [3.05, 3.63) is 41.7 Å². The Balaban J connectivity index is 1.96. The number of carbonyl (C=O) groups excluding carboxylic acids is 1. The van der Waals surface area contributed by atoms with Crippen molar-refractivity contribution in [2.24, 2.45) is 0 Å². The molecule has 2 heterocycles. The maximum absolute atomic E-state index is 13.0. The van der Waals surface area contributed by atoms with E-state index < -0.39 is 72.1 Å². The molecule has 1 fully saturated rings. The molecule has 1 aromatic carbocycles. The molecule has 1 saturated heterocycles. The second-order valence-corrected chi connectivity index (χ2v) is 6.07. The lowest BCUT2D eigenvalue weighted by Crippen LogP contribution is -2.58. The molecular formula is C16H10F8N4O. The Morgan fingerprint density at radius 1 is 1.10 bits per heavy atom.